The summed E-state index contributed by atoms with van der Waals surface area (Å²) in [5.41, 5.74) is 0. The molecule has 0 saturated carbocycles. The lowest BCUT2D eigenvalue weighted by atomic mass is 10.9. The molecule has 2 heterocycles. The average Bonchev–Trinajstić information content (AvgIpc) is 2.68. The fraction of sp³-hybridized carbons (Fsp3) is 1.00. The molecule has 34 heteroatoms. The highest BCUT2D eigenvalue weighted by molar-refractivity contribution is 6.93. The highest BCUT2D eigenvalue weighted by atomic mass is 28.6. The second kappa shape index (κ2) is 16.1. The van der Waals surface area contributed by atoms with Gasteiger partial charge in [-0.3, -0.25) is 0 Å². The van der Waals surface area contributed by atoms with Crippen LogP contribution in [-0.4, -0.2) is 133 Å². The molecule has 0 amide bonds. The quantitative estimate of drug-likeness (QED) is 0.211. The molecule has 2 rings (SSSR count). The Bertz CT molecular complexity index is 1210. The minimum atomic E-state index is -6.10. The zero-order valence-electron chi connectivity index (χ0n) is 31.4. The first-order valence-corrected chi connectivity index (χ1v) is 42.9. The first-order valence-electron chi connectivity index (χ1n) is 15.6. The number of hydrogen-bond donors (Lipinski definition) is 3. The van der Waals surface area contributed by atoms with Crippen molar-refractivity contribution in [2.24, 2.45) is 0 Å². The van der Waals surface area contributed by atoms with E-state index in [0.717, 1.165) is 39.3 Å². The first-order chi connectivity index (χ1) is 22.3. The Labute approximate surface area is 309 Å². The third kappa shape index (κ3) is 16.5. The van der Waals surface area contributed by atoms with Crippen LogP contribution < -0.4 is 0 Å². The van der Waals surface area contributed by atoms with Crippen LogP contribution in [0.15, 0.2) is 0 Å². The third-order valence-electron chi connectivity index (χ3n) is 5.60. The van der Waals surface area contributed by atoms with Crippen molar-refractivity contribution in [1.29, 1.82) is 0 Å². The maximum absolute atomic E-state index is 17.4. The predicted octanol–water partition coefficient (Wildman–Crippen LogP) is 3.11. The van der Waals surface area contributed by atoms with E-state index in [0.29, 0.717) is 0 Å². The van der Waals surface area contributed by atoms with E-state index in [2.05, 4.69) is 0 Å². The number of rotatable bonds is 4. The second-order valence-electron chi connectivity index (χ2n) is 13.6. The third-order valence-corrected chi connectivity index (χ3v) is 46.1. The van der Waals surface area contributed by atoms with Crippen LogP contribution in [0.5, 0.6) is 0 Å². The van der Waals surface area contributed by atoms with Crippen LogP contribution >= 0.6 is 0 Å². The van der Waals surface area contributed by atoms with Gasteiger partial charge in [0.1, 0.15) is 0 Å². The summed E-state index contributed by atoms with van der Waals surface area (Å²) in [6.45, 7) is 17.8. The van der Waals surface area contributed by atoms with E-state index in [1.54, 1.807) is 6.92 Å². The molecule has 0 aromatic heterocycles. The van der Waals surface area contributed by atoms with Gasteiger partial charge in [-0.15, -0.1) is 0 Å². The van der Waals surface area contributed by atoms with Crippen LogP contribution in [0.3, 0.4) is 0 Å². The van der Waals surface area contributed by atoms with Crippen molar-refractivity contribution < 1.29 is 93.2 Å². The molecule has 0 aliphatic carbocycles. The molecular weight excluding hydrogens is 905 g/mol. The van der Waals surface area contributed by atoms with Crippen molar-refractivity contribution in [3.8, 4) is 0 Å². The Morgan fingerprint density at radius 1 is 0.431 bits per heavy atom. The van der Waals surface area contributed by atoms with Gasteiger partial charge in [-0.2, -0.15) is 0 Å². The number of fused-ring (bicyclic) bond motifs is 2. The van der Waals surface area contributed by atoms with Gasteiger partial charge < -0.3 is 76.7 Å². The van der Waals surface area contributed by atoms with E-state index in [-0.39, 0.29) is 13.2 Å². The lowest BCUT2D eigenvalue weighted by Crippen LogP contribution is -2.71. The fourth-order valence-corrected chi connectivity index (χ4v) is 50.7. The van der Waals surface area contributed by atoms with E-state index in [4.69, 9.17) is 62.3 Å². The van der Waals surface area contributed by atoms with Crippen molar-refractivity contribution in [1.82, 2.24) is 0 Å². The molecule has 0 aromatic carbocycles. The molecular formula is C17H52F4O18Si12. The minimum absolute atomic E-state index is 0.0649. The van der Waals surface area contributed by atoms with Gasteiger partial charge in [0.05, 0.1) is 0 Å². The van der Waals surface area contributed by atoms with Crippen molar-refractivity contribution >= 4 is 106 Å². The van der Waals surface area contributed by atoms with Crippen molar-refractivity contribution in [2.45, 2.75) is 99.0 Å². The summed E-state index contributed by atoms with van der Waals surface area (Å²) in [5, 5.41) is 0. The van der Waals surface area contributed by atoms with Gasteiger partial charge in [-0.05, 0) is 66.2 Å². The van der Waals surface area contributed by atoms with E-state index in [1.807, 2.05) is 0 Å². The summed E-state index contributed by atoms with van der Waals surface area (Å²) in [5.74, 6) is 0. The molecule has 2 fully saturated rings. The topological polar surface area (TPSA) is 199 Å². The average molecular weight is 958 g/mol. The molecule has 2 bridgehead atoms. The summed E-state index contributed by atoms with van der Waals surface area (Å²) in [4.78, 5) is 33.2. The molecule has 18 nitrogen and oxygen atoms in total. The zero-order chi connectivity index (χ0) is 40.0. The van der Waals surface area contributed by atoms with Gasteiger partial charge in [0.25, 0.3) is 0 Å². The first kappa shape index (κ1) is 48.8. The van der Waals surface area contributed by atoms with Crippen LogP contribution in [0.2, 0.25) is 85.1 Å². The molecule has 2 aliphatic heterocycles. The van der Waals surface area contributed by atoms with Crippen LogP contribution in [0, 0.1) is 0 Å². The molecule has 0 radical (unpaired) electrons. The van der Waals surface area contributed by atoms with Crippen molar-refractivity contribution in [3.05, 3.63) is 0 Å². The largest absolute Gasteiger partial charge is 0.703 e. The Kier molecular flexibility index (Phi) is 15.4. The van der Waals surface area contributed by atoms with Gasteiger partial charge in [-0.25, -0.2) is 16.4 Å². The Morgan fingerprint density at radius 2 is 0.882 bits per heavy atom. The molecule has 304 valence electrons. The lowest BCUT2D eigenvalue weighted by molar-refractivity contribution is 0.0573. The van der Waals surface area contributed by atoms with E-state index in [1.165, 1.54) is 52.8 Å². The highest BCUT2D eigenvalue weighted by Gasteiger charge is 2.69. The van der Waals surface area contributed by atoms with Crippen molar-refractivity contribution in [3.63, 3.8) is 0 Å². The van der Waals surface area contributed by atoms with Crippen LogP contribution in [0.4, 0.5) is 16.4 Å². The van der Waals surface area contributed by atoms with Gasteiger partial charge >= 0.3 is 106 Å². The van der Waals surface area contributed by atoms with Gasteiger partial charge in [-0.1, -0.05) is 0 Å². The van der Waals surface area contributed by atoms with E-state index < -0.39 is 106 Å². The standard InChI is InChI=1S/C17H52F4O18Si12/c1-16-25-47(14)30-42(7,8)31-48(15)35-44(11,18)27-40(3,4)28-45(12,22)36-50(20,26-17-2)33-41(5,6)29-46(13,23)37-51(21,39-48)34-43(9,10)32-49(19,24)38-47/h22-24H,16-17H2,1-15H3/t44?,45?,46?,47-,48-,49+,50?,51+/m0/s1. The van der Waals surface area contributed by atoms with Crippen LogP contribution in [-0.2, 0) is 62.3 Å². The Balaban J connectivity index is 2.87. The highest BCUT2D eigenvalue weighted by Crippen LogP contribution is 2.37. The molecule has 51 heavy (non-hydrogen) atoms. The van der Waals surface area contributed by atoms with Crippen molar-refractivity contribution in [2.75, 3.05) is 13.2 Å². The molecule has 2 aliphatic rings. The van der Waals surface area contributed by atoms with E-state index >= 15 is 16.4 Å². The SMILES string of the molecule is CCO[Si]1(F)O[Si](C)(C)O[Si](C)(O)O[Si@@]2(F)O[Si](C)(C)O[Si@](O)(F)O[Si@@](C)(OCC)O[Si](C)(C)O[Si@@](C)(O[Si](C)(F)O[Si](C)(C)O[Si](C)(O)O1)O2. The normalized spacial score (nSPS) is 46.0. The van der Waals surface area contributed by atoms with Gasteiger partial charge in [0.2, 0.25) is 0 Å². The van der Waals surface area contributed by atoms with Gasteiger partial charge in [0, 0.05) is 45.9 Å². The Morgan fingerprint density at radius 3 is 1.39 bits per heavy atom. The fourth-order valence-electron chi connectivity index (χ4n) is 5.25. The molecule has 2 saturated heterocycles. The number of halogens is 4. The summed E-state index contributed by atoms with van der Waals surface area (Å²) in [6.07, 6.45) is 0. The van der Waals surface area contributed by atoms with Gasteiger partial charge in [0.15, 0.2) is 0 Å². The second-order valence-corrected chi connectivity index (χ2v) is 47.7. The summed E-state index contributed by atoms with van der Waals surface area (Å²) in [7, 11) is -57.4. The predicted molar refractivity (Wildman–Crippen MR) is 194 cm³/mol. The molecule has 4 unspecified atom stereocenters. The summed E-state index contributed by atoms with van der Waals surface area (Å²) < 4.78 is 150. The van der Waals surface area contributed by atoms with Crippen LogP contribution in [0.25, 0.3) is 0 Å². The lowest BCUT2D eigenvalue weighted by Gasteiger charge is -2.45. The smallest absolute Gasteiger partial charge is 0.395 e. The summed E-state index contributed by atoms with van der Waals surface area (Å²) >= 11 is 0. The maximum atomic E-state index is 17.4. The van der Waals surface area contributed by atoms with Crippen LogP contribution in [0.1, 0.15) is 13.8 Å². The Hall–Kier alpha value is 1.60. The molecule has 0 aromatic rings. The zero-order valence-corrected chi connectivity index (χ0v) is 43.4. The molecule has 0 spiro atoms. The molecule has 8 atom stereocenters. The summed E-state index contributed by atoms with van der Waals surface area (Å²) in [6, 6.07) is 0. The maximum Gasteiger partial charge on any atom is 0.703 e. The number of hydrogen-bond acceptors (Lipinski definition) is 18. The monoisotopic (exact) mass is 956 g/mol. The van der Waals surface area contributed by atoms with E-state index in [9.17, 15) is 14.4 Å². The molecule has 3 N–H and O–H groups in total. The minimum Gasteiger partial charge on any atom is -0.395 e.